The zero-order chi connectivity index (χ0) is 18.4. The van der Waals surface area contributed by atoms with Crippen molar-refractivity contribution < 1.29 is 14.2 Å². The fourth-order valence-corrected chi connectivity index (χ4v) is 3.46. The molecule has 0 aliphatic carbocycles. The molecule has 140 valence electrons. The largest absolute Gasteiger partial charge is 0.496 e. The summed E-state index contributed by atoms with van der Waals surface area (Å²) in [5.74, 6) is 2.19. The van der Waals surface area contributed by atoms with Gasteiger partial charge < -0.3 is 19.5 Å². The summed E-state index contributed by atoms with van der Waals surface area (Å²) < 4.78 is 16.7. The number of hydrogen-bond donors (Lipinski definition) is 1. The number of nitrogens with zero attached hydrogens (tertiary/aromatic N) is 2. The van der Waals surface area contributed by atoms with Crippen molar-refractivity contribution in [2.24, 2.45) is 0 Å². The number of nitrogens with one attached hydrogen (secondary N) is 1. The summed E-state index contributed by atoms with van der Waals surface area (Å²) in [6.07, 6.45) is 2.66. The van der Waals surface area contributed by atoms with Crippen LogP contribution < -0.4 is 19.5 Å². The summed E-state index contributed by atoms with van der Waals surface area (Å²) in [6, 6.07) is 10.1. The third-order valence-corrected chi connectivity index (χ3v) is 4.82. The van der Waals surface area contributed by atoms with E-state index >= 15 is 0 Å². The van der Waals surface area contributed by atoms with Gasteiger partial charge in [-0.15, -0.1) is 0 Å². The fourth-order valence-electron chi connectivity index (χ4n) is 3.46. The van der Waals surface area contributed by atoms with E-state index in [1.165, 1.54) is 0 Å². The highest BCUT2D eigenvalue weighted by molar-refractivity contribution is 5.52. The molecule has 0 bridgehead atoms. The Balaban J connectivity index is 2.02. The van der Waals surface area contributed by atoms with Gasteiger partial charge in [-0.05, 0) is 18.2 Å². The molecule has 3 rings (SSSR count). The summed E-state index contributed by atoms with van der Waals surface area (Å²) in [5, 5.41) is 3.42. The molecule has 1 unspecified atom stereocenters. The molecule has 2 heterocycles. The molecule has 1 atom stereocenters. The van der Waals surface area contributed by atoms with Crippen LogP contribution in [0.5, 0.6) is 17.2 Å². The van der Waals surface area contributed by atoms with Gasteiger partial charge in [-0.3, -0.25) is 9.88 Å². The zero-order valence-corrected chi connectivity index (χ0v) is 15.7. The average Bonchev–Trinajstić information content (AvgIpc) is 2.72. The number of aromatic nitrogens is 1. The lowest BCUT2D eigenvalue weighted by atomic mass is 9.97. The Morgan fingerprint density at radius 3 is 2.31 bits per heavy atom. The van der Waals surface area contributed by atoms with Crippen LogP contribution in [0.25, 0.3) is 0 Å². The molecule has 1 saturated heterocycles. The SMILES string of the molecule is COc1cc(OC)c(C(Cc2ccccn2)N2CCNCC2)cc1OC. The molecule has 0 radical (unpaired) electrons. The lowest BCUT2D eigenvalue weighted by Gasteiger charge is -2.36. The van der Waals surface area contributed by atoms with Gasteiger partial charge >= 0.3 is 0 Å². The van der Waals surface area contributed by atoms with Gasteiger partial charge in [-0.2, -0.15) is 0 Å². The first-order valence-corrected chi connectivity index (χ1v) is 8.91. The Morgan fingerprint density at radius 2 is 1.69 bits per heavy atom. The molecule has 6 heteroatoms. The van der Waals surface area contributed by atoms with Crippen molar-refractivity contribution in [2.45, 2.75) is 12.5 Å². The Labute approximate surface area is 155 Å². The fraction of sp³-hybridized carbons (Fsp3) is 0.450. The van der Waals surface area contributed by atoms with Gasteiger partial charge in [0.15, 0.2) is 11.5 Å². The van der Waals surface area contributed by atoms with Crippen LogP contribution in [-0.2, 0) is 6.42 Å². The van der Waals surface area contributed by atoms with E-state index in [1.54, 1.807) is 21.3 Å². The maximum absolute atomic E-state index is 5.70. The highest BCUT2D eigenvalue weighted by Crippen LogP contribution is 2.40. The van der Waals surface area contributed by atoms with Crippen molar-refractivity contribution in [3.8, 4) is 17.2 Å². The first-order valence-electron chi connectivity index (χ1n) is 8.91. The maximum atomic E-state index is 5.70. The standard InChI is InChI=1S/C20H27N3O3/c1-24-18-14-20(26-3)19(25-2)13-16(18)17(23-10-8-21-9-11-23)12-15-6-4-5-7-22-15/h4-7,13-14,17,21H,8-12H2,1-3H3. The lowest BCUT2D eigenvalue weighted by Crippen LogP contribution is -2.45. The van der Waals surface area contributed by atoms with Gasteiger partial charge in [0.05, 0.1) is 21.3 Å². The quantitative estimate of drug-likeness (QED) is 0.821. The molecule has 1 aromatic heterocycles. The van der Waals surface area contributed by atoms with Gasteiger partial charge in [-0.1, -0.05) is 6.07 Å². The molecule has 0 amide bonds. The third kappa shape index (κ3) is 4.08. The number of ether oxygens (including phenoxy) is 3. The number of rotatable bonds is 7. The van der Waals surface area contributed by atoms with Crippen LogP contribution in [0.4, 0.5) is 0 Å². The third-order valence-electron chi connectivity index (χ3n) is 4.82. The molecule has 26 heavy (non-hydrogen) atoms. The Kier molecular flexibility index (Phi) is 6.30. The highest BCUT2D eigenvalue weighted by Gasteiger charge is 2.27. The van der Waals surface area contributed by atoms with Crippen LogP contribution in [0.3, 0.4) is 0 Å². The second-order valence-corrected chi connectivity index (χ2v) is 6.28. The van der Waals surface area contributed by atoms with Gasteiger partial charge in [0.25, 0.3) is 0 Å². The minimum atomic E-state index is 0.154. The number of benzene rings is 1. The molecular weight excluding hydrogens is 330 g/mol. The Bertz CT molecular complexity index is 703. The summed E-state index contributed by atoms with van der Waals surface area (Å²) >= 11 is 0. The molecule has 0 spiro atoms. The van der Waals surface area contributed by atoms with E-state index < -0.39 is 0 Å². The molecular formula is C20H27N3O3. The normalized spacial score (nSPS) is 16.1. The van der Waals surface area contributed by atoms with Crippen LogP contribution in [-0.4, -0.2) is 57.4 Å². The van der Waals surface area contributed by atoms with E-state index in [0.29, 0.717) is 11.5 Å². The predicted octanol–water partition coefficient (Wildman–Crippen LogP) is 2.30. The van der Waals surface area contributed by atoms with Gasteiger partial charge in [0, 0.05) is 62.2 Å². The molecule has 2 aromatic rings. The van der Waals surface area contributed by atoms with E-state index in [0.717, 1.165) is 49.6 Å². The van der Waals surface area contributed by atoms with E-state index in [-0.39, 0.29) is 6.04 Å². The van der Waals surface area contributed by atoms with Crippen LogP contribution >= 0.6 is 0 Å². The highest BCUT2D eigenvalue weighted by atomic mass is 16.5. The van der Waals surface area contributed by atoms with Crippen molar-refractivity contribution in [3.05, 3.63) is 47.8 Å². The second kappa shape index (κ2) is 8.87. The topological polar surface area (TPSA) is 55.9 Å². The lowest BCUT2D eigenvalue weighted by molar-refractivity contribution is 0.168. The smallest absolute Gasteiger partial charge is 0.164 e. The van der Waals surface area contributed by atoms with E-state index in [2.05, 4.69) is 21.3 Å². The number of hydrogen-bond acceptors (Lipinski definition) is 6. The van der Waals surface area contributed by atoms with Gasteiger partial charge in [-0.25, -0.2) is 0 Å². The minimum absolute atomic E-state index is 0.154. The molecule has 1 aromatic carbocycles. The van der Waals surface area contributed by atoms with Crippen LogP contribution in [0.1, 0.15) is 17.3 Å². The molecule has 6 nitrogen and oxygen atoms in total. The van der Waals surface area contributed by atoms with Gasteiger partial charge in [0.2, 0.25) is 0 Å². The summed E-state index contributed by atoms with van der Waals surface area (Å²) in [6.45, 7) is 3.92. The molecule has 1 N–H and O–H groups in total. The first-order chi connectivity index (χ1) is 12.8. The van der Waals surface area contributed by atoms with Crippen molar-refractivity contribution in [2.75, 3.05) is 47.5 Å². The van der Waals surface area contributed by atoms with Crippen molar-refractivity contribution >= 4 is 0 Å². The van der Waals surface area contributed by atoms with Crippen molar-refractivity contribution in [3.63, 3.8) is 0 Å². The summed E-state index contributed by atoms with van der Waals surface area (Å²) in [5.41, 5.74) is 2.16. The summed E-state index contributed by atoms with van der Waals surface area (Å²) in [7, 11) is 4.99. The van der Waals surface area contributed by atoms with Crippen molar-refractivity contribution in [1.29, 1.82) is 0 Å². The molecule has 1 fully saturated rings. The molecule has 1 aliphatic heterocycles. The molecule has 0 saturated carbocycles. The van der Waals surface area contributed by atoms with E-state index in [4.69, 9.17) is 14.2 Å². The average molecular weight is 357 g/mol. The minimum Gasteiger partial charge on any atom is -0.496 e. The van der Waals surface area contributed by atoms with E-state index in [9.17, 15) is 0 Å². The number of methoxy groups -OCH3 is 3. The second-order valence-electron chi connectivity index (χ2n) is 6.28. The Morgan fingerprint density at radius 1 is 1.00 bits per heavy atom. The predicted molar refractivity (Wildman–Crippen MR) is 101 cm³/mol. The van der Waals surface area contributed by atoms with Crippen LogP contribution in [0.15, 0.2) is 36.5 Å². The van der Waals surface area contributed by atoms with E-state index in [1.807, 2.05) is 30.5 Å². The maximum Gasteiger partial charge on any atom is 0.164 e. The van der Waals surface area contributed by atoms with Crippen LogP contribution in [0, 0.1) is 0 Å². The van der Waals surface area contributed by atoms with Crippen LogP contribution in [0.2, 0.25) is 0 Å². The van der Waals surface area contributed by atoms with Crippen molar-refractivity contribution in [1.82, 2.24) is 15.2 Å². The zero-order valence-electron chi connectivity index (χ0n) is 15.7. The Hall–Kier alpha value is -2.31. The molecule has 1 aliphatic rings. The summed E-state index contributed by atoms with van der Waals surface area (Å²) in [4.78, 5) is 7.01. The monoisotopic (exact) mass is 357 g/mol. The van der Waals surface area contributed by atoms with Gasteiger partial charge in [0.1, 0.15) is 5.75 Å². The first kappa shape index (κ1) is 18.5. The number of piperazine rings is 1. The number of pyridine rings is 1.